The number of nitrogens with zero attached hydrogens (tertiary/aromatic N) is 2. The van der Waals surface area contributed by atoms with Crippen molar-refractivity contribution >= 4 is 0 Å². The van der Waals surface area contributed by atoms with E-state index in [1.165, 1.54) is 0 Å². The van der Waals surface area contributed by atoms with Crippen molar-refractivity contribution in [3.05, 3.63) is 23.8 Å². The number of rotatable bonds is 2. The molecular weight excluding hydrogens is 126 g/mol. The molecule has 1 rings (SSSR count). The van der Waals surface area contributed by atoms with Crippen LogP contribution in [0.15, 0.2) is 12.3 Å². The Morgan fingerprint density at radius 2 is 2.40 bits per heavy atom. The molecule has 3 heteroatoms. The van der Waals surface area contributed by atoms with Crippen LogP contribution in [0.25, 0.3) is 0 Å². The van der Waals surface area contributed by atoms with Gasteiger partial charge in [-0.3, -0.25) is 0 Å². The second kappa shape index (κ2) is 3.27. The van der Waals surface area contributed by atoms with Gasteiger partial charge in [0.05, 0.1) is 6.54 Å². The number of nitrogens with two attached hydrogens (primary N) is 1. The summed E-state index contributed by atoms with van der Waals surface area (Å²) in [5.74, 6) is 0.722. The Bertz CT molecular complexity index is 191. The molecule has 3 nitrogen and oxygen atoms in total. The molecule has 0 amide bonds. The molecule has 0 aliphatic carbocycles. The summed E-state index contributed by atoms with van der Waals surface area (Å²) in [6, 6.07) is 1.90. The van der Waals surface area contributed by atoms with Gasteiger partial charge in [0.2, 0.25) is 0 Å². The molecule has 0 saturated heterocycles. The molecule has 2 N–H and O–H groups in total. The molecule has 0 radical (unpaired) electrons. The second-order valence-electron chi connectivity index (χ2n) is 2.02. The van der Waals surface area contributed by atoms with Crippen molar-refractivity contribution in [2.75, 3.05) is 0 Å². The highest BCUT2D eigenvalue weighted by Gasteiger charge is 1.92. The molecule has 10 heavy (non-hydrogen) atoms. The second-order valence-corrected chi connectivity index (χ2v) is 2.02. The van der Waals surface area contributed by atoms with E-state index in [1.807, 2.05) is 6.07 Å². The summed E-state index contributed by atoms with van der Waals surface area (Å²) < 4.78 is 0. The average molecular weight is 137 g/mol. The minimum absolute atomic E-state index is 0.424. The van der Waals surface area contributed by atoms with Crippen molar-refractivity contribution in [2.24, 2.45) is 5.73 Å². The molecule has 0 aliphatic rings. The first-order chi connectivity index (χ1) is 4.86. The Morgan fingerprint density at radius 1 is 1.60 bits per heavy atom. The predicted molar refractivity (Wildman–Crippen MR) is 39.3 cm³/mol. The standard InChI is InChI=1S/C7H11N3/c1-2-6-3-4-9-7(5-8)10-6/h3-4H,2,5,8H2,1H3. The summed E-state index contributed by atoms with van der Waals surface area (Å²) in [4.78, 5) is 8.14. The van der Waals surface area contributed by atoms with Crippen LogP contribution in [0.2, 0.25) is 0 Å². The quantitative estimate of drug-likeness (QED) is 0.645. The van der Waals surface area contributed by atoms with Crippen molar-refractivity contribution in [1.82, 2.24) is 9.97 Å². The normalized spacial score (nSPS) is 9.80. The lowest BCUT2D eigenvalue weighted by atomic mass is 10.3. The van der Waals surface area contributed by atoms with Crippen LogP contribution in [-0.4, -0.2) is 9.97 Å². The number of hydrogen-bond donors (Lipinski definition) is 1. The molecule has 0 aromatic carbocycles. The van der Waals surface area contributed by atoms with Gasteiger partial charge in [-0.15, -0.1) is 0 Å². The van der Waals surface area contributed by atoms with Gasteiger partial charge in [-0.05, 0) is 12.5 Å². The molecule has 0 saturated carbocycles. The largest absolute Gasteiger partial charge is 0.324 e. The summed E-state index contributed by atoms with van der Waals surface area (Å²) in [6.07, 6.45) is 2.68. The molecule has 0 atom stereocenters. The van der Waals surface area contributed by atoms with Crippen LogP contribution in [0.5, 0.6) is 0 Å². The Kier molecular flexibility index (Phi) is 2.34. The SMILES string of the molecule is CCc1ccnc(CN)n1. The van der Waals surface area contributed by atoms with Crippen molar-refractivity contribution in [3.8, 4) is 0 Å². The van der Waals surface area contributed by atoms with E-state index in [4.69, 9.17) is 5.73 Å². The fraction of sp³-hybridized carbons (Fsp3) is 0.429. The minimum atomic E-state index is 0.424. The first kappa shape index (κ1) is 7.15. The first-order valence-electron chi connectivity index (χ1n) is 3.37. The Hall–Kier alpha value is -0.960. The van der Waals surface area contributed by atoms with Crippen LogP contribution in [0, 0.1) is 0 Å². The van der Waals surface area contributed by atoms with Gasteiger partial charge in [0.25, 0.3) is 0 Å². The molecule has 1 aromatic heterocycles. The topological polar surface area (TPSA) is 51.8 Å². The summed E-state index contributed by atoms with van der Waals surface area (Å²) >= 11 is 0. The monoisotopic (exact) mass is 137 g/mol. The van der Waals surface area contributed by atoms with E-state index in [9.17, 15) is 0 Å². The van der Waals surface area contributed by atoms with Crippen LogP contribution in [0.3, 0.4) is 0 Å². The lowest BCUT2D eigenvalue weighted by molar-refractivity contribution is 0.867. The Labute approximate surface area is 60.3 Å². The molecular formula is C7H11N3. The van der Waals surface area contributed by atoms with E-state index < -0.39 is 0 Å². The molecule has 54 valence electrons. The lowest BCUT2D eigenvalue weighted by Crippen LogP contribution is -2.03. The fourth-order valence-electron chi connectivity index (χ4n) is 0.737. The summed E-state index contributed by atoms with van der Waals surface area (Å²) in [6.45, 7) is 2.48. The van der Waals surface area contributed by atoms with Gasteiger partial charge in [-0.1, -0.05) is 6.92 Å². The van der Waals surface area contributed by atoms with Gasteiger partial charge in [-0.25, -0.2) is 9.97 Å². The van der Waals surface area contributed by atoms with Crippen LogP contribution in [0.4, 0.5) is 0 Å². The van der Waals surface area contributed by atoms with Gasteiger partial charge in [-0.2, -0.15) is 0 Å². The van der Waals surface area contributed by atoms with Gasteiger partial charge >= 0.3 is 0 Å². The number of aryl methyl sites for hydroxylation is 1. The van der Waals surface area contributed by atoms with Gasteiger partial charge in [0, 0.05) is 11.9 Å². The zero-order valence-electron chi connectivity index (χ0n) is 6.04. The highest BCUT2D eigenvalue weighted by Crippen LogP contribution is 1.94. The average Bonchev–Trinajstić information content (AvgIpc) is 2.05. The lowest BCUT2D eigenvalue weighted by Gasteiger charge is -1.96. The van der Waals surface area contributed by atoms with E-state index in [1.54, 1.807) is 6.20 Å². The van der Waals surface area contributed by atoms with Crippen LogP contribution in [-0.2, 0) is 13.0 Å². The minimum Gasteiger partial charge on any atom is -0.324 e. The highest BCUT2D eigenvalue weighted by molar-refractivity contribution is 5.01. The Balaban J connectivity index is 2.87. The maximum Gasteiger partial charge on any atom is 0.142 e. The molecule has 0 fully saturated rings. The van der Waals surface area contributed by atoms with Crippen molar-refractivity contribution in [1.29, 1.82) is 0 Å². The zero-order valence-corrected chi connectivity index (χ0v) is 6.04. The number of aromatic nitrogens is 2. The maximum atomic E-state index is 5.35. The fourth-order valence-corrected chi connectivity index (χ4v) is 0.737. The van der Waals surface area contributed by atoms with Crippen molar-refractivity contribution in [2.45, 2.75) is 19.9 Å². The molecule has 0 aliphatic heterocycles. The third kappa shape index (κ3) is 1.51. The van der Waals surface area contributed by atoms with E-state index in [0.29, 0.717) is 6.54 Å². The van der Waals surface area contributed by atoms with Crippen LogP contribution < -0.4 is 5.73 Å². The van der Waals surface area contributed by atoms with Crippen LogP contribution >= 0.6 is 0 Å². The molecule has 0 unspecified atom stereocenters. The van der Waals surface area contributed by atoms with E-state index in [2.05, 4.69) is 16.9 Å². The van der Waals surface area contributed by atoms with E-state index >= 15 is 0 Å². The zero-order chi connectivity index (χ0) is 7.40. The summed E-state index contributed by atoms with van der Waals surface area (Å²) in [5, 5.41) is 0. The summed E-state index contributed by atoms with van der Waals surface area (Å²) in [5.41, 5.74) is 6.40. The predicted octanol–water partition coefficient (Wildman–Crippen LogP) is 0.498. The van der Waals surface area contributed by atoms with E-state index in [0.717, 1.165) is 17.9 Å². The first-order valence-corrected chi connectivity index (χ1v) is 3.37. The molecule has 1 heterocycles. The maximum absolute atomic E-state index is 5.35. The van der Waals surface area contributed by atoms with Gasteiger partial charge < -0.3 is 5.73 Å². The highest BCUT2D eigenvalue weighted by atomic mass is 14.9. The van der Waals surface area contributed by atoms with Crippen LogP contribution in [0.1, 0.15) is 18.4 Å². The smallest absolute Gasteiger partial charge is 0.142 e. The number of hydrogen-bond acceptors (Lipinski definition) is 3. The van der Waals surface area contributed by atoms with Crippen molar-refractivity contribution < 1.29 is 0 Å². The van der Waals surface area contributed by atoms with Gasteiger partial charge in [0.1, 0.15) is 5.82 Å². The van der Waals surface area contributed by atoms with Crippen molar-refractivity contribution in [3.63, 3.8) is 0 Å². The summed E-state index contributed by atoms with van der Waals surface area (Å²) in [7, 11) is 0. The van der Waals surface area contributed by atoms with Gasteiger partial charge in [0.15, 0.2) is 0 Å². The van der Waals surface area contributed by atoms with E-state index in [-0.39, 0.29) is 0 Å². The Morgan fingerprint density at radius 3 is 3.00 bits per heavy atom. The molecule has 0 spiro atoms. The molecule has 1 aromatic rings. The third-order valence-electron chi connectivity index (χ3n) is 1.31. The third-order valence-corrected chi connectivity index (χ3v) is 1.31. The molecule has 0 bridgehead atoms.